The summed E-state index contributed by atoms with van der Waals surface area (Å²) < 4.78 is 0. The molecule has 1 aromatic heterocycles. The van der Waals surface area contributed by atoms with E-state index in [1.165, 1.54) is 18.4 Å². The Morgan fingerprint density at radius 2 is 2.29 bits per heavy atom. The topological polar surface area (TPSA) is 24.9 Å². The molecule has 0 spiro atoms. The summed E-state index contributed by atoms with van der Waals surface area (Å²) in [6, 6.07) is 4.74. The molecule has 0 aromatic carbocycles. The molecule has 0 amide bonds. The predicted octanol–water partition coefficient (Wildman–Crippen LogP) is 2.40. The third kappa shape index (κ3) is 3.88. The van der Waals surface area contributed by atoms with Gasteiger partial charge in [0.25, 0.3) is 0 Å². The van der Waals surface area contributed by atoms with Crippen LogP contribution >= 0.6 is 0 Å². The third-order valence-corrected chi connectivity index (χ3v) is 2.38. The number of nitrogens with zero attached hydrogens (tertiary/aromatic N) is 1. The first-order valence-corrected chi connectivity index (χ1v) is 5.49. The van der Waals surface area contributed by atoms with Crippen molar-refractivity contribution in [2.45, 2.75) is 39.2 Å². The summed E-state index contributed by atoms with van der Waals surface area (Å²) in [6.07, 6.45) is 7.24. The molecule has 1 atom stereocenters. The fourth-order valence-corrected chi connectivity index (χ4v) is 1.51. The van der Waals surface area contributed by atoms with E-state index < -0.39 is 0 Å². The van der Waals surface area contributed by atoms with Gasteiger partial charge < -0.3 is 5.32 Å². The van der Waals surface area contributed by atoms with E-state index in [-0.39, 0.29) is 0 Å². The zero-order chi connectivity index (χ0) is 10.2. The first-order chi connectivity index (χ1) is 6.86. The third-order valence-electron chi connectivity index (χ3n) is 2.38. The van der Waals surface area contributed by atoms with Crippen LogP contribution in [-0.2, 0) is 6.42 Å². The van der Waals surface area contributed by atoms with E-state index in [1.807, 2.05) is 18.5 Å². The Bertz CT molecular complexity index is 233. The second-order valence-electron chi connectivity index (χ2n) is 3.62. The van der Waals surface area contributed by atoms with Crippen molar-refractivity contribution in [2.24, 2.45) is 0 Å². The molecule has 78 valence electrons. The lowest BCUT2D eigenvalue weighted by Crippen LogP contribution is -2.31. The highest BCUT2D eigenvalue weighted by Gasteiger charge is 2.05. The lowest BCUT2D eigenvalue weighted by atomic mass is 10.1. The molecule has 0 aliphatic heterocycles. The molecule has 0 aliphatic carbocycles. The van der Waals surface area contributed by atoms with Gasteiger partial charge in [0.1, 0.15) is 0 Å². The smallest absolute Gasteiger partial charge is 0.0300 e. The molecule has 0 radical (unpaired) electrons. The maximum absolute atomic E-state index is 4.12. The molecule has 2 heteroatoms. The van der Waals surface area contributed by atoms with Gasteiger partial charge in [0.2, 0.25) is 0 Å². The maximum Gasteiger partial charge on any atom is 0.0300 e. The van der Waals surface area contributed by atoms with E-state index in [4.69, 9.17) is 0 Å². The van der Waals surface area contributed by atoms with E-state index >= 15 is 0 Å². The second kappa shape index (κ2) is 6.55. The van der Waals surface area contributed by atoms with Gasteiger partial charge in [-0.25, -0.2) is 0 Å². The summed E-state index contributed by atoms with van der Waals surface area (Å²) in [5.41, 5.74) is 1.32. The summed E-state index contributed by atoms with van der Waals surface area (Å²) in [7, 11) is 0. The summed E-state index contributed by atoms with van der Waals surface area (Å²) in [6.45, 7) is 5.53. The molecule has 1 aromatic rings. The highest BCUT2D eigenvalue weighted by atomic mass is 14.9. The van der Waals surface area contributed by atoms with Crippen LogP contribution in [0.15, 0.2) is 24.5 Å². The van der Waals surface area contributed by atoms with Crippen LogP contribution in [0.1, 0.15) is 32.3 Å². The van der Waals surface area contributed by atoms with E-state index in [1.54, 1.807) is 0 Å². The van der Waals surface area contributed by atoms with E-state index in [0.29, 0.717) is 6.04 Å². The summed E-state index contributed by atoms with van der Waals surface area (Å²) >= 11 is 0. The monoisotopic (exact) mass is 192 g/mol. The van der Waals surface area contributed by atoms with Gasteiger partial charge in [-0.2, -0.15) is 0 Å². The van der Waals surface area contributed by atoms with Crippen LogP contribution in [0.3, 0.4) is 0 Å². The van der Waals surface area contributed by atoms with Crippen LogP contribution in [0.4, 0.5) is 0 Å². The quantitative estimate of drug-likeness (QED) is 0.748. The van der Waals surface area contributed by atoms with Gasteiger partial charge >= 0.3 is 0 Å². The number of rotatable bonds is 6. The van der Waals surface area contributed by atoms with E-state index in [2.05, 4.69) is 30.2 Å². The van der Waals surface area contributed by atoms with Crippen LogP contribution in [0.5, 0.6) is 0 Å². The SMILES string of the molecule is CCCNC(CC)Cc1cccnc1. The molecule has 1 heterocycles. The van der Waals surface area contributed by atoms with Crippen molar-refractivity contribution in [2.75, 3.05) is 6.54 Å². The molecule has 0 fully saturated rings. The van der Waals surface area contributed by atoms with Crippen molar-refractivity contribution in [3.63, 3.8) is 0 Å². The predicted molar refractivity (Wildman–Crippen MR) is 60.3 cm³/mol. The second-order valence-corrected chi connectivity index (χ2v) is 3.62. The summed E-state index contributed by atoms with van der Waals surface area (Å²) in [5.74, 6) is 0. The van der Waals surface area contributed by atoms with Crippen LogP contribution in [0.25, 0.3) is 0 Å². The van der Waals surface area contributed by atoms with Gasteiger partial charge in [-0.1, -0.05) is 19.9 Å². The molecule has 1 N–H and O–H groups in total. The van der Waals surface area contributed by atoms with Crippen LogP contribution in [0.2, 0.25) is 0 Å². The zero-order valence-electron chi connectivity index (χ0n) is 9.16. The van der Waals surface area contributed by atoms with Crippen LogP contribution in [-0.4, -0.2) is 17.6 Å². The summed E-state index contributed by atoms with van der Waals surface area (Å²) in [4.78, 5) is 4.12. The molecule has 14 heavy (non-hydrogen) atoms. The number of hydrogen-bond acceptors (Lipinski definition) is 2. The minimum absolute atomic E-state index is 0.596. The van der Waals surface area contributed by atoms with Crippen LogP contribution < -0.4 is 5.32 Å². The van der Waals surface area contributed by atoms with Crippen molar-refractivity contribution >= 4 is 0 Å². The highest BCUT2D eigenvalue weighted by molar-refractivity contribution is 5.09. The number of hydrogen-bond donors (Lipinski definition) is 1. The first-order valence-electron chi connectivity index (χ1n) is 5.49. The number of aromatic nitrogens is 1. The van der Waals surface area contributed by atoms with E-state index in [9.17, 15) is 0 Å². The average Bonchev–Trinajstić information content (AvgIpc) is 2.25. The van der Waals surface area contributed by atoms with Crippen LogP contribution in [0, 0.1) is 0 Å². The van der Waals surface area contributed by atoms with Crippen molar-refractivity contribution in [1.82, 2.24) is 10.3 Å². The Morgan fingerprint density at radius 1 is 1.43 bits per heavy atom. The largest absolute Gasteiger partial charge is 0.314 e. The van der Waals surface area contributed by atoms with Crippen molar-refractivity contribution in [3.05, 3.63) is 30.1 Å². The number of pyridine rings is 1. The molecule has 2 nitrogen and oxygen atoms in total. The molecule has 0 bridgehead atoms. The first kappa shape index (κ1) is 11.2. The molecule has 1 rings (SSSR count). The fraction of sp³-hybridized carbons (Fsp3) is 0.583. The maximum atomic E-state index is 4.12. The van der Waals surface area contributed by atoms with Gasteiger partial charge in [0, 0.05) is 18.4 Å². The van der Waals surface area contributed by atoms with Gasteiger partial charge in [-0.3, -0.25) is 4.98 Å². The Morgan fingerprint density at radius 3 is 2.86 bits per heavy atom. The Kier molecular flexibility index (Phi) is 5.23. The average molecular weight is 192 g/mol. The van der Waals surface area contributed by atoms with Gasteiger partial charge in [-0.05, 0) is 37.4 Å². The lowest BCUT2D eigenvalue weighted by molar-refractivity contribution is 0.494. The minimum Gasteiger partial charge on any atom is -0.314 e. The zero-order valence-corrected chi connectivity index (χ0v) is 9.16. The normalized spacial score (nSPS) is 12.7. The van der Waals surface area contributed by atoms with Crippen molar-refractivity contribution in [3.8, 4) is 0 Å². The minimum atomic E-state index is 0.596. The molecule has 0 aliphatic rings. The van der Waals surface area contributed by atoms with Crippen molar-refractivity contribution in [1.29, 1.82) is 0 Å². The molecular weight excluding hydrogens is 172 g/mol. The standard InChI is InChI=1S/C12H20N2/c1-3-7-14-12(4-2)9-11-6-5-8-13-10-11/h5-6,8,10,12,14H,3-4,7,9H2,1-2H3. The lowest BCUT2D eigenvalue weighted by Gasteiger charge is -2.16. The molecule has 0 saturated carbocycles. The Labute approximate surface area is 86.8 Å². The van der Waals surface area contributed by atoms with Gasteiger partial charge in [0.05, 0.1) is 0 Å². The van der Waals surface area contributed by atoms with Crippen molar-refractivity contribution < 1.29 is 0 Å². The Balaban J connectivity index is 2.40. The van der Waals surface area contributed by atoms with Gasteiger partial charge in [0.15, 0.2) is 0 Å². The highest BCUT2D eigenvalue weighted by Crippen LogP contribution is 2.03. The molecular formula is C12H20N2. The Hall–Kier alpha value is -0.890. The van der Waals surface area contributed by atoms with E-state index in [0.717, 1.165) is 13.0 Å². The fourth-order valence-electron chi connectivity index (χ4n) is 1.51. The van der Waals surface area contributed by atoms with Gasteiger partial charge in [-0.15, -0.1) is 0 Å². The molecule has 0 saturated heterocycles. The summed E-state index contributed by atoms with van der Waals surface area (Å²) in [5, 5.41) is 3.54. The molecule has 1 unspecified atom stereocenters. The number of nitrogens with one attached hydrogen (secondary N) is 1.